The topological polar surface area (TPSA) is 83.9 Å². The van der Waals surface area contributed by atoms with Crippen molar-refractivity contribution in [3.8, 4) is 0 Å². The van der Waals surface area contributed by atoms with E-state index in [4.69, 9.17) is 5.11 Å². The van der Waals surface area contributed by atoms with Gasteiger partial charge in [-0.1, -0.05) is 0 Å². The number of carbonyl (C=O) groups excluding carboxylic acids is 2. The van der Waals surface area contributed by atoms with Crippen molar-refractivity contribution in [3.63, 3.8) is 0 Å². The van der Waals surface area contributed by atoms with Gasteiger partial charge < -0.3 is 5.11 Å². The standard InChI is InChI=1S/C6H6BrNO5/c7-5(6(11)12)13-8-3(9)1-2-4(8)10/h5H,1-2H2,(H,11,12). The smallest absolute Gasteiger partial charge is 0.346 e. The van der Waals surface area contributed by atoms with Crippen molar-refractivity contribution in [3.05, 3.63) is 0 Å². The maximum atomic E-state index is 10.9. The van der Waals surface area contributed by atoms with Gasteiger partial charge in [-0.15, -0.1) is 0 Å². The number of rotatable bonds is 3. The molecule has 0 aromatic heterocycles. The van der Waals surface area contributed by atoms with Crippen LogP contribution in [0.5, 0.6) is 0 Å². The lowest BCUT2D eigenvalue weighted by atomic mass is 10.4. The molecule has 7 heteroatoms. The summed E-state index contributed by atoms with van der Waals surface area (Å²) in [6, 6.07) is 0. The van der Waals surface area contributed by atoms with Crippen LogP contribution in [0.15, 0.2) is 0 Å². The van der Waals surface area contributed by atoms with E-state index in [-0.39, 0.29) is 12.8 Å². The number of hydrogen-bond donors (Lipinski definition) is 1. The molecule has 0 aromatic carbocycles. The summed E-state index contributed by atoms with van der Waals surface area (Å²) in [6.45, 7) is 0. The Morgan fingerprint density at radius 2 is 1.92 bits per heavy atom. The molecule has 1 atom stereocenters. The third kappa shape index (κ3) is 2.25. The molecule has 0 bridgehead atoms. The van der Waals surface area contributed by atoms with Crippen LogP contribution in [0.3, 0.4) is 0 Å². The highest BCUT2D eigenvalue weighted by molar-refractivity contribution is 9.09. The molecule has 1 fully saturated rings. The van der Waals surface area contributed by atoms with Crippen LogP contribution in [0.4, 0.5) is 0 Å². The molecule has 0 saturated carbocycles. The molecule has 0 radical (unpaired) electrons. The third-order valence-electron chi connectivity index (χ3n) is 1.40. The second-order valence-electron chi connectivity index (χ2n) is 2.34. The number of hydrogen-bond acceptors (Lipinski definition) is 4. The molecule has 0 aliphatic carbocycles. The van der Waals surface area contributed by atoms with E-state index in [1.807, 2.05) is 0 Å². The van der Waals surface area contributed by atoms with Gasteiger partial charge in [-0.2, -0.15) is 5.06 Å². The molecular formula is C6H6BrNO5. The first kappa shape index (κ1) is 10.1. The SMILES string of the molecule is O=C(O)C(Br)ON1C(=O)CCC1=O. The highest BCUT2D eigenvalue weighted by Crippen LogP contribution is 2.15. The first-order chi connectivity index (χ1) is 6.02. The third-order valence-corrected chi connectivity index (χ3v) is 1.96. The summed E-state index contributed by atoms with van der Waals surface area (Å²) < 4.78 is 0. The molecular weight excluding hydrogens is 246 g/mol. The summed E-state index contributed by atoms with van der Waals surface area (Å²) in [5.41, 5.74) is 0. The van der Waals surface area contributed by atoms with Gasteiger partial charge in [0.1, 0.15) is 0 Å². The van der Waals surface area contributed by atoms with Crippen LogP contribution >= 0.6 is 15.9 Å². The fraction of sp³-hybridized carbons (Fsp3) is 0.500. The van der Waals surface area contributed by atoms with Gasteiger partial charge >= 0.3 is 5.97 Å². The lowest BCUT2D eigenvalue weighted by molar-refractivity contribution is -0.195. The van der Waals surface area contributed by atoms with Gasteiger partial charge in [-0.3, -0.25) is 9.59 Å². The lowest BCUT2D eigenvalue weighted by Crippen LogP contribution is -2.34. The largest absolute Gasteiger partial charge is 0.479 e. The highest BCUT2D eigenvalue weighted by Gasteiger charge is 2.33. The Kier molecular flexibility index (Phi) is 2.99. The minimum absolute atomic E-state index is 0.0676. The number of carboxylic acids is 1. The number of aliphatic carboxylic acids is 1. The normalized spacial score (nSPS) is 19.3. The van der Waals surface area contributed by atoms with Crippen molar-refractivity contribution in [2.24, 2.45) is 0 Å². The maximum Gasteiger partial charge on any atom is 0.346 e. The van der Waals surface area contributed by atoms with E-state index in [1.54, 1.807) is 0 Å². The van der Waals surface area contributed by atoms with E-state index in [0.29, 0.717) is 5.06 Å². The van der Waals surface area contributed by atoms with Crippen molar-refractivity contribution in [1.29, 1.82) is 0 Å². The first-order valence-electron chi connectivity index (χ1n) is 3.42. The van der Waals surface area contributed by atoms with Gasteiger partial charge in [-0.05, 0) is 15.9 Å². The molecule has 72 valence electrons. The van der Waals surface area contributed by atoms with E-state index >= 15 is 0 Å². The predicted molar refractivity (Wildman–Crippen MR) is 42.5 cm³/mol. The summed E-state index contributed by atoms with van der Waals surface area (Å²) in [4.78, 5) is 36.6. The van der Waals surface area contributed by atoms with Crippen LogP contribution in [0.25, 0.3) is 0 Å². The average Bonchev–Trinajstić information content (AvgIpc) is 2.35. The number of alkyl halides is 1. The minimum Gasteiger partial charge on any atom is -0.479 e. The zero-order chi connectivity index (χ0) is 10.0. The Balaban J connectivity index is 2.57. The van der Waals surface area contributed by atoms with Gasteiger partial charge in [0, 0.05) is 12.8 Å². The van der Waals surface area contributed by atoms with Crippen LogP contribution in [-0.2, 0) is 19.2 Å². The second-order valence-corrected chi connectivity index (χ2v) is 3.17. The number of carbonyl (C=O) groups is 3. The lowest BCUT2D eigenvalue weighted by Gasteiger charge is -2.14. The number of carboxylic acid groups (broad SMARTS) is 1. The Labute approximate surface area is 81.5 Å². The summed E-state index contributed by atoms with van der Waals surface area (Å²) >= 11 is 2.64. The number of amides is 2. The van der Waals surface area contributed by atoms with Crippen LogP contribution in [0, 0.1) is 0 Å². The number of nitrogens with zero attached hydrogens (tertiary/aromatic N) is 1. The number of imide groups is 1. The fourth-order valence-electron chi connectivity index (χ4n) is 0.811. The molecule has 1 rings (SSSR count). The Bertz CT molecular complexity index is 250. The molecule has 1 aliphatic heterocycles. The Hall–Kier alpha value is -0.950. The summed E-state index contributed by atoms with van der Waals surface area (Å²) in [7, 11) is 0. The van der Waals surface area contributed by atoms with Crippen LogP contribution in [0.2, 0.25) is 0 Å². The average molecular weight is 252 g/mol. The molecule has 1 saturated heterocycles. The molecule has 0 spiro atoms. The molecule has 0 aromatic rings. The monoisotopic (exact) mass is 251 g/mol. The predicted octanol–water partition coefficient (Wildman–Crippen LogP) is -0.127. The Morgan fingerprint density at radius 1 is 1.46 bits per heavy atom. The van der Waals surface area contributed by atoms with E-state index in [2.05, 4.69) is 20.8 Å². The summed E-state index contributed by atoms with van der Waals surface area (Å²) in [6.07, 6.45) is 0.135. The quantitative estimate of drug-likeness (QED) is 0.558. The molecule has 1 unspecified atom stereocenters. The van der Waals surface area contributed by atoms with Crippen molar-refractivity contribution >= 4 is 33.7 Å². The second kappa shape index (κ2) is 3.84. The van der Waals surface area contributed by atoms with E-state index in [0.717, 1.165) is 0 Å². The van der Waals surface area contributed by atoms with Crippen LogP contribution < -0.4 is 0 Å². The van der Waals surface area contributed by atoms with E-state index < -0.39 is 22.8 Å². The van der Waals surface area contributed by atoms with Crippen molar-refractivity contribution in [2.45, 2.75) is 17.9 Å². The van der Waals surface area contributed by atoms with Crippen molar-refractivity contribution < 1.29 is 24.3 Å². The summed E-state index contributed by atoms with van der Waals surface area (Å²) in [5, 5.41) is 7.50. The van der Waals surface area contributed by atoms with Crippen LogP contribution in [-0.4, -0.2) is 33.0 Å². The van der Waals surface area contributed by atoms with E-state index in [1.165, 1.54) is 0 Å². The molecule has 1 N–H and O–H groups in total. The van der Waals surface area contributed by atoms with Gasteiger partial charge in [-0.25, -0.2) is 9.63 Å². The van der Waals surface area contributed by atoms with Gasteiger partial charge in [0.25, 0.3) is 11.8 Å². The van der Waals surface area contributed by atoms with Gasteiger partial charge in [0.15, 0.2) is 0 Å². The zero-order valence-electron chi connectivity index (χ0n) is 6.40. The first-order valence-corrected chi connectivity index (χ1v) is 4.33. The molecule has 1 heterocycles. The van der Waals surface area contributed by atoms with Crippen LogP contribution in [0.1, 0.15) is 12.8 Å². The highest BCUT2D eigenvalue weighted by atomic mass is 79.9. The maximum absolute atomic E-state index is 10.9. The molecule has 13 heavy (non-hydrogen) atoms. The molecule has 6 nitrogen and oxygen atoms in total. The zero-order valence-corrected chi connectivity index (χ0v) is 7.98. The Morgan fingerprint density at radius 3 is 2.31 bits per heavy atom. The van der Waals surface area contributed by atoms with Crippen molar-refractivity contribution in [1.82, 2.24) is 5.06 Å². The van der Waals surface area contributed by atoms with Gasteiger partial charge in [0.2, 0.25) is 5.01 Å². The van der Waals surface area contributed by atoms with Gasteiger partial charge in [0.05, 0.1) is 0 Å². The molecule has 1 aliphatic rings. The number of hydroxylamine groups is 2. The number of halogens is 1. The fourth-order valence-corrected chi connectivity index (χ4v) is 0.978. The van der Waals surface area contributed by atoms with E-state index in [9.17, 15) is 14.4 Å². The minimum atomic E-state index is -1.38. The summed E-state index contributed by atoms with van der Waals surface area (Å²) in [5.74, 6) is -2.33. The van der Waals surface area contributed by atoms with Crippen molar-refractivity contribution in [2.75, 3.05) is 0 Å². The molecule has 2 amide bonds.